The minimum atomic E-state index is -2.22. The lowest BCUT2D eigenvalue weighted by molar-refractivity contribution is -0.184. The van der Waals surface area contributed by atoms with Crippen LogP contribution in [-0.2, 0) is 14.3 Å². The van der Waals surface area contributed by atoms with E-state index in [0.29, 0.717) is 6.42 Å². The molecule has 0 amide bonds. The Morgan fingerprint density at radius 3 is 2.09 bits per heavy atom. The highest BCUT2D eigenvalue weighted by atomic mass is 16.6. The first-order valence-electron chi connectivity index (χ1n) is 7.91. The normalized spacial score (nSPS) is 16.4. The summed E-state index contributed by atoms with van der Waals surface area (Å²) in [5, 5.41) is 46.0. The Morgan fingerprint density at radius 1 is 0.957 bits per heavy atom. The molecular formula is C15H28O8. The lowest BCUT2D eigenvalue weighted by Crippen LogP contribution is -2.48. The van der Waals surface area contributed by atoms with Gasteiger partial charge in [0.05, 0.1) is 6.61 Å². The highest BCUT2D eigenvalue weighted by Gasteiger charge is 2.35. The summed E-state index contributed by atoms with van der Waals surface area (Å²) < 4.78 is 4.48. The van der Waals surface area contributed by atoms with E-state index in [9.17, 15) is 24.9 Å². The Bertz CT molecular complexity index is 346. The first kappa shape index (κ1) is 21.9. The molecule has 136 valence electrons. The van der Waals surface area contributed by atoms with Crippen molar-refractivity contribution in [2.45, 2.75) is 76.5 Å². The fourth-order valence-electron chi connectivity index (χ4n) is 1.92. The molecule has 0 spiro atoms. The average Bonchev–Trinajstić information content (AvgIpc) is 2.54. The quantitative estimate of drug-likeness (QED) is 0.168. The van der Waals surface area contributed by atoms with E-state index in [2.05, 4.69) is 11.7 Å². The molecular weight excluding hydrogens is 308 g/mol. The van der Waals surface area contributed by atoms with Gasteiger partial charge in [-0.1, -0.05) is 39.0 Å². The van der Waals surface area contributed by atoms with E-state index >= 15 is 0 Å². The first-order valence-corrected chi connectivity index (χ1v) is 7.91. The summed E-state index contributed by atoms with van der Waals surface area (Å²) in [6.07, 6.45) is -2.36. The third-order valence-corrected chi connectivity index (χ3v) is 3.42. The van der Waals surface area contributed by atoms with Crippen molar-refractivity contribution in [3.8, 4) is 0 Å². The molecule has 1 unspecified atom stereocenters. The van der Waals surface area contributed by atoms with Crippen LogP contribution in [-0.4, -0.2) is 68.5 Å². The minimum Gasteiger partial charge on any atom is -0.428 e. The predicted molar refractivity (Wildman–Crippen MR) is 80.2 cm³/mol. The molecule has 0 aliphatic rings. The molecule has 0 aliphatic heterocycles. The number of hydrogen-bond donors (Lipinski definition) is 5. The van der Waals surface area contributed by atoms with Gasteiger partial charge in [-0.2, -0.15) is 0 Å². The zero-order chi connectivity index (χ0) is 17.8. The number of aliphatic hydroxyl groups is 5. The van der Waals surface area contributed by atoms with Gasteiger partial charge in [0.2, 0.25) is 5.78 Å². The van der Waals surface area contributed by atoms with Gasteiger partial charge < -0.3 is 30.3 Å². The molecule has 0 heterocycles. The van der Waals surface area contributed by atoms with Crippen LogP contribution in [0.4, 0.5) is 0 Å². The molecule has 0 rings (SSSR count). The van der Waals surface area contributed by atoms with E-state index in [4.69, 9.17) is 10.2 Å². The van der Waals surface area contributed by atoms with Crippen LogP contribution in [0.2, 0.25) is 0 Å². The summed E-state index contributed by atoms with van der Waals surface area (Å²) in [7, 11) is 0. The summed E-state index contributed by atoms with van der Waals surface area (Å²) in [6, 6.07) is 0. The highest BCUT2D eigenvalue weighted by Crippen LogP contribution is 2.09. The van der Waals surface area contributed by atoms with Crippen molar-refractivity contribution in [3.05, 3.63) is 0 Å². The average molecular weight is 336 g/mol. The van der Waals surface area contributed by atoms with E-state index in [1.165, 1.54) is 0 Å². The first-order chi connectivity index (χ1) is 10.8. The van der Waals surface area contributed by atoms with Gasteiger partial charge in [-0.3, -0.25) is 9.59 Å². The number of ketones is 1. The minimum absolute atomic E-state index is 0.0361. The van der Waals surface area contributed by atoms with Crippen molar-refractivity contribution in [2.24, 2.45) is 0 Å². The maximum absolute atomic E-state index is 11.6. The van der Waals surface area contributed by atoms with Crippen molar-refractivity contribution >= 4 is 11.8 Å². The molecule has 5 N–H and O–H groups in total. The predicted octanol–water partition coefficient (Wildman–Crippen LogP) is -0.757. The summed E-state index contributed by atoms with van der Waals surface area (Å²) in [5.74, 6) is -2.15. The van der Waals surface area contributed by atoms with Gasteiger partial charge in [0.25, 0.3) is 6.29 Å². The molecule has 0 aromatic rings. The van der Waals surface area contributed by atoms with Crippen LogP contribution in [0, 0.1) is 0 Å². The van der Waals surface area contributed by atoms with Crippen LogP contribution >= 0.6 is 0 Å². The maximum atomic E-state index is 11.6. The van der Waals surface area contributed by atoms with Crippen LogP contribution in [0.15, 0.2) is 0 Å². The summed E-state index contributed by atoms with van der Waals surface area (Å²) in [6.45, 7) is 1.22. The summed E-state index contributed by atoms with van der Waals surface area (Å²) >= 11 is 0. The zero-order valence-electron chi connectivity index (χ0n) is 13.4. The number of hydrogen-bond acceptors (Lipinski definition) is 8. The van der Waals surface area contributed by atoms with Crippen molar-refractivity contribution < 1.29 is 39.9 Å². The van der Waals surface area contributed by atoms with Crippen molar-refractivity contribution in [1.82, 2.24) is 0 Å². The Kier molecular flexibility index (Phi) is 11.8. The number of carbonyl (C=O) groups excluding carboxylic acids is 2. The van der Waals surface area contributed by atoms with E-state index in [-0.39, 0.29) is 6.42 Å². The maximum Gasteiger partial charge on any atom is 0.308 e. The van der Waals surface area contributed by atoms with Gasteiger partial charge in [-0.15, -0.1) is 0 Å². The lowest BCUT2D eigenvalue weighted by Gasteiger charge is -2.22. The van der Waals surface area contributed by atoms with Crippen LogP contribution in [0.3, 0.4) is 0 Å². The van der Waals surface area contributed by atoms with E-state index in [1.54, 1.807) is 0 Å². The lowest BCUT2D eigenvalue weighted by atomic mass is 10.0. The van der Waals surface area contributed by atoms with Gasteiger partial charge in [-0.25, -0.2) is 0 Å². The molecule has 0 saturated carbocycles. The molecule has 0 aromatic carbocycles. The molecule has 8 nitrogen and oxygen atoms in total. The van der Waals surface area contributed by atoms with Crippen LogP contribution in [0.5, 0.6) is 0 Å². The van der Waals surface area contributed by atoms with Crippen LogP contribution < -0.4 is 0 Å². The smallest absolute Gasteiger partial charge is 0.308 e. The van der Waals surface area contributed by atoms with Gasteiger partial charge in [0.1, 0.15) is 18.3 Å². The number of Topliss-reactive ketones (excluding diaryl/α,β-unsaturated/α-hetero) is 1. The van der Waals surface area contributed by atoms with Crippen molar-refractivity contribution in [3.63, 3.8) is 0 Å². The van der Waals surface area contributed by atoms with Gasteiger partial charge in [0.15, 0.2) is 0 Å². The van der Waals surface area contributed by atoms with Crippen molar-refractivity contribution in [1.29, 1.82) is 0 Å². The summed E-state index contributed by atoms with van der Waals surface area (Å²) in [5.41, 5.74) is 0. The van der Waals surface area contributed by atoms with Gasteiger partial charge in [0, 0.05) is 6.42 Å². The van der Waals surface area contributed by atoms with Gasteiger partial charge >= 0.3 is 5.97 Å². The number of carbonyl (C=O) groups is 2. The largest absolute Gasteiger partial charge is 0.428 e. The number of rotatable bonds is 13. The van der Waals surface area contributed by atoms with E-state index in [1.807, 2.05) is 0 Å². The molecule has 0 radical (unpaired) electrons. The number of ether oxygens (including phenoxy) is 1. The number of aliphatic hydroxyl groups excluding tert-OH is 5. The second kappa shape index (κ2) is 12.4. The van der Waals surface area contributed by atoms with E-state index in [0.717, 1.165) is 32.1 Å². The molecule has 0 aromatic heterocycles. The molecule has 0 fully saturated rings. The molecule has 4 atom stereocenters. The number of unbranched alkanes of at least 4 members (excludes halogenated alkanes) is 5. The Labute approximate surface area is 135 Å². The SMILES string of the molecule is CCCCCCCCC(=O)OC(O)C(=O)[C@@H](O)[C@@H](O)[C@H](O)CO. The standard InChI is InChI=1S/C15H28O8/c1-2-3-4-5-6-7-8-11(18)23-15(22)14(21)13(20)12(19)10(17)9-16/h10,12-13,15-17,19-20,22H,2-9H2,1H3/t10-,12+,13+,15?/m1/s1. The number of esters is 1. The molecule has 0 saturated heterocycles. The fourth-order valence-corrected chi connectivity index (χ4v) is 1.92. The summed E-state index contributed by atoms with van der Waals surface area (Å²) in [4.78, 5) is 23.0. The Hall–Kier alpha value is -1.06. The Balaban J connectivity index is 4.08. The van der Waals surface area contributed by atoms with Crippen LogP contribution in [0.1, 0.15) is 51.9 Å². The molecule has 23 heavy (non-hydrogen) atoms. The molecule has 0 aliphatic carbocycles. The molecule has 8 heteroatoms. The highest BCUT2D eigenvalue weighted by molar-refractivity contribution is 5.88. The van der Waals surface area contributed by atoms with Crippen LogP contribution in [0.25, 0.3) is 0 Å². The zero-order valence-corrected chi connectivity index (χ0v) is 13.4. The second-order valence-corrected chi connectivity index (χ2v) is 5.45. The fraction of sp³-hybridized carbons (Fsp3) is 0.867. The topological polar surface area (TPSA) is 145 Å². The third-order valence-electron chi connectivity index (χ3n) is 3.42. The monoisotopic (exact) mass is 336 g/mol. The molecule has 0 bridgehead atoms. The van der Waals surface area contributed by atoms with E-state index < -0.39 is 43.0 Å². The van der Waals surface area contributed by atoms with Crippen molar-refractivity contribution in [2.75, 3.05) is 6.61 Å². The van der Waals surface area contributed by atoms with Gasteiger partial charge in [-0.05, 0) is 6.42 Å². The third kappa shape index (κ3) is 8.97. The Morgan fingerprint density at radius 2 is 1.52 bits per heavy atom. The second-order valence-electron chi connectivity index (χ2n) is 5.45.